The Labute approximate surface area is 154 Å². The molecular formula is C15H14Cl2N4O2S. The van der Waals surface area contributed by atoms with Crippen LogP contribution in [0.5, 0.6) is 0 Å². The Morgan fingerprint density at radius 2 is 2.12 bits per heavy atom. The zero-order valence-corrected chi connectivity index (χ0v) is 15.2. The summed E-state index contributed by atoms with van der Waals surface area (Å²) in [4.78, 5) is 15.5. The maximum Gasteiger partial charge on any atom is 0.350 e. The number of amidine groups is 1. The first-order valence-corrected chi connectivity index (χ1v) is 8.63. The highest BCUT2D eigenvalue weighted by Gasteiger charge is 2.09. The van der Waals surface area contributed by atoms with Crippen LogP contribution in [0.3, 0.4) is 0 Å². The lowest BCUT2D eigenvalue weighted by Gasteiger charge is -2.02. The number of nitrogens with zero attached hydrogens (tertiary/aromatic N) is 3. The third-order valence-electron chi connectivity index (χ3n) is 2.47. The number of rotatable bonds is 5. The van der Waals surface area contributed by atoms with Crippen LogP contribution in [0.2, 0.25) is 10.0 Å². The van der Waals surface area contributed by atoms with E-state index in [2.05, 4.69) is 15.5 Å². The van der Waals surface area contributed by atoms with Gasteiger partial charge < -0.3 is 4.74 Å². The summed E-state index contributed by atoms with van der Waals surface area (Å²) in [7, 11) is 0. The summed E-state index contributed by atoms with van der Waals surface area (Å²) >= 11 is 13.3. The second-order valence-corrected chi connectivity index (χ2v) is 5.63. The third-order valence-corrected chi connectivity index (χ3v) is 3.72. The fraction of sp³-hybridized carbons (Fsp3) is 0.200. The molecule has 0 amide bonds. The molecular weight excluding hydrogens is 371 g/mol. The number of hydrogen-bond acceptors (Lipinski definition) is 6. The van der Waals surface area contributed by atoms with Crippen LogP contribution in [-0.2, 0) is 9.53 Å². The number of benzene rings is 1. The molecule has 0 aliphatic heterocycles. The van der Waals surface area contributed by atoms with Gasteiger partial charge in [-0.3, -0.25) is 5.43 Å². The molecule has 0 saturated heterocycles. The van der Waals surface area contributed by atoms with Gasteiger partial charge in [0.1, 0.15) is 6.07 Å². The van der Waals surface area contributed by atoms with Crippen LogP contribution >= 0.6 is 35.0 Å². The van der Waals surface area contributed by atoms with Gasteiger partial charge in [-0.05, 0) is 25.3 Å². The zero-order chi connectivity index (χ0) is 17.9. The third kappa shape index (κ3) is 6.24. The number of thioether (sulfide) groups is 1. The van der Waals surface area contributed by atoms with Crippen LogP contribution in [0.15, 0.2) is 40.1 Å². The number of halogens is 2. The van der Waals surface area contributed by atoms with Gasteiger partial charge in [0.05, 0.1) is 29.1 Å². The standard InChI is InChI=1S/C15H14Cl2N4O2S/c1-3-23-14(22)10(7-18)8-19-15(24-2)21-20-9-11-12(16)5-4-6-13(11)17/h4-6,8-9H,3H2,1-2H3,(H,19,21)/b10-8+,20-9+. The molecule has 0 aromatic heterocycles. The molecule has 0 spiro atoms. The topological polar surface area (TPSA) is 86.8 Å². The van der Waals surface area contributed by atoms with Gasteiger partial charge in [-0.2, -0.15) is 10.4 Å². The van der Waals surface area contributed by atoms with Gasteiger partial charge in [-0.15, -0.1) is 0 Å². The number of carbonyl (C=O) groups is 1. The highest BCUT2D eigenvalue weighted by molar-refractivity contribution is 8.13. The molecule has 24 heavy (non-hydrogen) atoms. The summed E-state index contributed by atoms with van der Waals surface area (Å²) in [5.74, 6) is -0.726. The fourth-order valence-corrected chi connectivity index (χ4v) is 2.17. The maximum atomic E-state index is 11.5. The molecule has 0 aliphatic rings. The first-order chi connectivity index (χ1) is 11.5. The van der Waals surface area contributed by atoms with Crippen molar-refractivity contribution in [2.45, 2.75) is 6.92 Å². The van der Waals surface area contributed by atoms with E-state index in [1.165, 1.54) is 18.0 Å². The summed E-state index contributed by atoms with van der Waals surface area (Å²) in [6.07, 6.45) is 4.33. The number of nitriles is 1. The Bertz CT molecular complexity index is 706. The van der Waals surface area contributed by atoms with Gasteiger partial charge in [-0.1, -0.05) is 41.0 Å². The lowest BCUT2D eigenvalue weighted by Crippen LogP contribution is -2.13. The van der Waals surface area contributed by atoms with Gasteiger partial charge in [0.2, 0.25) is 0 Å². The van der Waals surface area contributed by atoms with Crippen molar-refractivity contribution in [1.82, 2.24) is 5.43 Å². The van der Waals surface area contributed by atoms with Crippen molar-refractivity contribution in [1.29, 1.82) is 5.26 Å². The van der Waals surface area contributed by atoms with E-state index < -0.39 is 5.97 Å². The average molecular weight is 385 g/mol. The van der Waals surface area contributed by atoms with Gasteiger partial charge in [0, 0.05) is 5.56 Å². The molecule has 0 atom stereocenters. The number of carbonyl (C=O) groups excluding carboxylic acids is 1. The Morgan fingerprint density at radius 3 is 2.67 bits per heavy atom. The molecule has 6 nitrogen and oxygen atoms in total. The van der Waals surface area contributed by atoms with Crippen LogP contribution in [0.4, 0.5) is 0 Å². The van der Waals surface area contributed by atoms with Crippen LogP contribution in [0.1, 0.15) is 12.5 Å². The van der Waals surface area contributed by atoms with E-state index in [9.17, 15) is 4.79 Å². The van der Waals surface area contributed by atoms with Crippen molar-refractivity contribution >= 4 is 52.3 Å². The van der Waals surface area contributed by atoms with E-state index in [1.807, 2.05) is 0 Å². The summed E-state index contributed by atoms with van der Waals surface area (Å²) in [5, 5.41) is 14.2. The van der Waals surface area contributed by atoms with Gasteiger partial charge in [0.15, 0.2) is 10.7 Å². The van der Waals surface area contributed by atoms with E-state index in [0.717, 1.165) is 6.20 Å². The van der Waals surface area contributed by atoms with Crippen LogP contribution in [0, 0.1) is 11.3 Å². The molecule has 0 aliphatic carbocycles. The Hall–Kier alpha value is -2.01. The highest BCUT2D eigenvalue weighted by Crippen LogP contribution is 2.22. The molecule has 0 fully saturated rings. The van der Waals surface area contributed by atoms with Crippen molar-refractivity contribution in [3.05, 3.63) is 45.6 Å². The fourth-order valence-electron chi connectivity index (χ4n) is 1.37. The van der Waals surface area contributed by atoms with E-state index in [1.54, 1.807) is 37.4 Å². The minimum absolute atomic E-state index is 0.179. The van der Waals surface area contributed by atoms with Crippen LogP contribution in [0.25, 0.3) is 0 Å². The van der Waals surface area contributed by atoms with E-state index in [0.29, 0.717) is 20.8 Å². The lowest BCUT2D eigenvalue weighted by atomic mass is 10.2. The van der Waals surface area contributed by atoms with Crippen LogP contribution in [-0.4, -0.2) is 30.2 Å². The molecule has 126 valence electrons. The zero-order valence-electron chi connectivity index (χ0n) is 12.9. The largest absolute Gasteiger partial charge is 0.462 e. The quantitative estimate of drug-likeness (QED) is 0.209. The maximum absolute atomic E-state index is 11.5. The van der Waals surface area contributed by atoms with Gasteiger partial charge in [-0.25, -0.2) is 9.79 Å². The molecule has 0 unspecified atom stereocenters. The molecule has 0 saturated carbocycles. The summed E-state index contributed by atoms with van der Waals surface area (Å²) in [6, 6.07) is 6.85. The number of nitrogens with one attached hydrogen (secondary N) is 1. The predicted molar refractivity (Wildman–Crippen MR) is 98.5 cm³/mol. The van der Waals surface area contributed by atoms with Crippen molar-refractivity contribution in [3.8, 4) is 6.07 Å². The Balaban J connectivity index is 2.85. The van der Waals surface area contributed by atoms with Crippen molar-refractivity contribution < 1.29 is 9.53 Å². The smallest absolute Gasteiger partial charge is 0.350 e. The SMILES string of the molecule is CCOC(=O)/C(C#N)=C/N=C(N/N=C/c1c(Cl)cccc1Cl)SC. The molecule has 1 aromatic carbocycles. The monoisotopic (exact) mass is 384 g/mol. The summed E-state index contributed by atoms with van der Waals surface area (Å²) in [6.45, 7) is 1.83. The number of ether oxygens (including phenoxy) is 1. The first kappa shape index (κ1) is 20.0. The minimum Gasteiger partial charge on any atom is -0.462 e. The highest BCUT2D eigenvalue weighted by atomic mass is 35.5. The molecule has 1 N–H and O–H groups in total. The molecule has 0 heterocycles. The number of aliphatic imine (C=N–C) groups is 1. The molecule has 1 rings (SSSR count). The normalized spacial score (nSPS) is 12.1. The lowest BCUT2D eigenvalue weighted by molar-refractivity contribution is -0.138. The Morgan fingerprint density at radius 1 is 1.46 bits per heavy atom. The number of esters is 1. The molecule has 1 aromatic rings. The molecule has 0 radical (unpaired) electrons. The predicted octanol–water partition coefficient (Wildman–Crippen LogP) is 3.61. The van der Waals surface area contributed by atoms with Crippen LogP contribution < -0.4 is 5.43 Å². The van der Waals surface area contributed by atoms with E-state index >= 15 is 0 Å². The molecule has 9 heteroatoms. The Kier molecular flexibility index (Phi) is 8.94. The van der Waals surface area contributed by atoms with Crippen molar-refractivity contribution in [3.63, 3.8) is 0 Å². The van der Waals surface area contributed by atoms with Gasteiger partial charge >= 0.3 is 5.97 Å². The van der Waals surface area contributed by atoms with Gasteiger partial charge in [0.25, 0.3) is 0 Å². The second kappa shape index (κ2) is 10.7. The first-order valence-electron chi connectivity index (χ1n) is 6.65. The van der Waals surface area contributed by atoms with Crippen molar-refractivity contribution in [2.24, 2.45) is 10.1 Å². The van der Waals surface area contributed by atoms with E-state index in [4.69, 9.17) is 33.2 Å². The second-order valence-electron chi connectivity index (χ2n) is 4.02. The number of hydrazone groups is 1. The van der Waals surface area contributed by atoms with E-state index in [-0.39, 0.29) is 12.2 Å². The summed E-state index contributed by atoms with van der Waals surface area (Å²) in [5.41, 5.74) is 3.04. The minimum atomic E-state index is -0.726. The summed E-state index contributed by atoms with van der Waals surface area (Å²) < 4.78 is 4.74. The average Bonchev–Trinajstić information content (AvgIpc) is 2.56. The van der Waals surface area contributed by atoms with Crippen molar-refractivity contribution in [2.75, 3.05) is 12.9 Å². The number of hydrogen-bond donors (Lipinski definition) is 1. The molecule has 0 bridgehead atoms.